The number of likely N-dealkylation sites (tertiary alicyclic amines) is 1. The van der Waals surface area contributed by atoms with Gasteiger partial charge in [0.15, 0.2) is 0 Å². The molecular formula is C16H26N2O. The molecule has 0 amide bonds. The van der Waals surface area contributed by atoms with E-state index in [0.29, 0.717) is 6.04 Å². The predicted octanol–water partition coefficient (Wildman–Crippen LogP) is 2.31. The molecule has 1 aliphatic rings. The maximum absolute atomic E-state index is 5.16. The maximum Gasteiger partial charge on any atom is 0.118 e. The summed E-state index contributed by atoms with van der Waals surface area (Å²) < 4.78 is 5.16. The molecule has 1 aromatic rings. The van der Waals surface area contributed by atoms with Crippen LogP contribution in [0.15, 0.2) is 24.3 Å². The smallest absolute Gasteiger partial charge is 0.118 e. The Hall–Kier alpha value is -1.06. The molecule has 3 nitrogen and oxygen atoms in total. The van der Waals surface area contributed by atoms with E-state index in [4.69, 9.17) is 4.74 Å². The molecular weight excluding hydrogens is 236 g/mol. The first kappa shape index (κ1) is 14.4. The van der Waals surface area contributed by atoms with Gasteiger partial charge in [0.25, 0.3) is 0 Å². The summed E-state index contributed by atoms with van der Waals surface area (Å²) in [6, 6.07) is 9.01. The van der Waals surface area contributed by atoms with Gasteiger partial charge in [-0.15, -0.1) is 0 Å². The maximum atomic E-state index is 5.16. The predicted molar refractivity (Wildman–Crippen MR) is 79.8 cm³/mol. The molecule has 0 radical (unpaired) electrons. The van der Waals surface area contributed by atoms with Crippen LogP contribution in [0, 0.1) is 0 Å². The van der Waals surface area contributed by atoms with Crippen LogP contribution in [0.2, 0.25) is 0 Å². The first-order chi connectivity index (χ1) is 9.29. The second-order valence-electron chi connectivity index (χ2n) is 5.39. The third-order valence-electron chi connectivity index (χ3n) is 3.95. The summed E-state index contributed by atoms with van der Waals surface area (Å²) in [5.41, 5.74) is 1.36. The van der Waals surface area contributed by atoms with Gasteiger partial charge in [0.2, 0.25) is 0 Å². The Morgan fingerprint density at radius 1 is 1.21 bits per heavy atom. The van der Waals surface area contributed by atoms with Crippen molar-refractivity contribution in [2.75, 3.05) is 33.3 Å². The lowest BCUT2D eigenvalue weighted by molar-refractivity contribution is 0.252. The topological polar surface area (TPSA) is 24.5 Å². The second-order valence-corrected chi connectivity index (χ2v) is 5.39. The Morgan fingerprint density at radius 3 is 2.53 bits per heavy atom. The molecule has 0 saturated carbocycles. The fourth-order valence-electron chi connectivity index (χ4n) is 2.65. The minimum atomic E-state index is 0.665. The van der Waals surface area contributed by atoms with Crippen molar-refractivity contribution in [3.8, 4) is 5.75 Å². The van der Waals surface area contributed by atoms with E-state index in [2.05, 4.69) is 29.3 Å². The molecule has 3 heteroatoms. The van der Waals surface area contributed by atoms with Gasteiger partial charge >= 0.3 is 0 Å². The first-order valence-electron chi connectivity index (χ1n) is 7.37. The van der Waals surface area contributed by atoms with E-state index in [0.717, 1.165) is 25.3 Å². The van der Waals surface area contributed by atoms with Crippen molar-refractivity contribution < 1.29 is 4.74 Å². The Balaban J connectivity index is 1.62. The number of nitrogens with one attached hydrogen (secondary N) is 1. The Kier molecular flexibility index (Phi) is 5.67. The van der Waals surface area contributed by atoms with Crippen LogP contribution in [0.25, 0.3) is 0 Å². The van der Waals surface area contributed by atoms with Gasteiger partial charge in [-0.3, -0.25) is 4.90 Å². The Morgan fingerprint density at radius 2 is 1.89 bits per heavy atom. The number of hydrogen-bond donors (Lipinski definition) is 1. The van der Waals surface area contributed by atoms with Crippen molar-refractivity contribution in [1.29, 1.82) is 0 Å². The Labute approximate surface area is 116 Å². The summed E-state index contributed by atoms with van der Waals surface area (Å²) in [6.07, 6.45) is 3.82. The van der Waals surface area contributed by atoms with E-state index in [9.17, 15) is 0 Å². The van der Waals surface area contributed by atoms with Crippen LogP contribution in [-0.2, 0) is 6.42 Å². The van der Waals surface area contributed by atoms with E-state index >= 15 is 0 Å². The molecule has 0 aromatic heterocycles. The number of hydrogen-bond acceptors (Lipinski definition) is 3. The van der Waals surface area contributed by atoms with Crippen molar-refractivity contribution in [1.82, 2.24) is 10.2 Å². The molecule has 1 N–H and O–H groups in total. The highest BCUT2D eigenvalue weighted by molar-refractivity contribution is 5.27. The average molecular weight is 262 g/mol. The molecule has 2 rings (SSSR count). The van der Waals surface area contributed by atoms with Crippen LogP contribution in [0.5, 0.6) is 5.75 Å². The number of rotatable bonds is 7. The molecule has 0 bridgehead atoms. The molecule has 106 valence electrons. The van der Waals surface area contributed by atoms with E-state index < -0.39 is 0 Å². The van der Waals surface area contributed by atoms with Crippen molar-refractivity contribution in [2.24, 2.45) is 0 Å². The van der Waals surface area contributed by atoms with Gasteiger partial charge < -0.3 is 10.1 Å². The highest BCUT2D eigenvalue weighted by Crippen LogP contribution is 2.12. The summed E-state index contributed by atoms with van der Waals surface area (Å²) in [6.45, 7) is 7.02. The van der Waals surface area contributed by atoms with Gasteiger partial charge in [-0.25, -0.2) is 0 Å². The van der Waals surface area contributed by atoms with Crippen LogP contribution >= 0.6 is 0 Å². The van der Waals surface area contributed by atoms with E-state index in [-0.39, 0.29) is 0 Å². The summed E-state index contributed by atoms with van der Waals surface area (Å²) in [4.78, 5) is 2.58. The van der Waals surface area contributed by atoms with Crippen LogP contribution < -0.4 is 10.1 Å². The molecule has 1 atom stereocenters. The van der Waals surface area contributed by atoms with E-state index in [1.54, 1.807) is 7.11 Å². The van der Waals surface area contributed by atoms with Crippen molar-refractivity contribution >= 4 is 0 Å². The summed E-state index contributed by atoms with van der Waals surface area (Å²) >= 11 is 0. The monoisotopic (exact) mass is 262 g/mol. The van der Waals surface area contributed by atoms with Crippen LogP contribution in [0.4, 0.5) is 0 Å². The largest absolute Gasteiger partial charge is 0.497 e. The van der Waals surface area contributed by atoms with Gasteiger partial charge in [-0.05, 0) is 63.5 Å². The number of ether oxygens (including phenoxy) is 1. The van der Waals surface area contributed by atoms with E-state index in [1.165, 1.54) is 31.5 Å². The Bertz CT molecular complexity index is 358. The summed E-state index contributed by atoms with van der Waals surface area (Å²) in [7, 11) is 1.70. The van der Waals surface area contributed by atoms with Crippen molar-refractivity contribution in [3.63, 3.8) is 0 Å². The number of benzene rings is 1. The minimum Gasteiger partial charge on any atom is -0.497 e. The summed E-state index contributed by atoms with van der Waals surface area (Å²) in [5.74, 6) is 0.930. The zero-order chi connectivity index (χ0) is 13.5. The molecule has 19 heavy (non-hydrogen) atoms. The van der Waals surface area contributed by atoms with Gasteiger partial charge in [0, 0.05) is 12.6 Å². The molecule has 0 aliphatic carbocycles. The fraction of sp³-hybridized carbons (Fsp3) is 0.625. The second kappa shape index (κ2) is 7.51. The van der Waals surface area contributed by atoms with Crippen molar-refractivity contribution in [2.45, 2.75) is 32.2 Å². The third kappa shape index (κ3) is 4.51. The molecule has 0 spiro atoms. The minimum absolute atomic E-state index is 0.665. The quantitative estimate of drug-likeness (QED) is 0.763. The molecule has 1 aromatic carbocycles. The molecule has 1 heterocycles. The lowest BCUT2D eigenvalue weighted by Crippen LogP contribution is -2.39. The summed E-state index contributed by atoms with van der Waals surface area (Å²) in [5, 5.41) is 3.57. The highest BCUT2D eigenvalue weighted by Gasteiger charge is 2.16. The standard InChI is InChI=1S/C16H26N2O/c1-14(18-11-3-4-12-18)13-17-10-9-15-5-7-16(19-2)8-6-15/h5-8,14,17H,3-4,9-13H2,1-2H3. The molecule has 1 aliphatic heterocycles. The zero-order valence-corrected chi connectivity index (χ0v) is 12.2. The lowest BCUT2D eigenvalue weighted by Gasteiger charge is -2.23. The van der Waals surface area contributed by atoms with Crippen molar-refractivity contribution in [3.05, 3.63) is 29.8 Å². The lowest BCUT2D eigenvalue weighted by atomic mass is 10.1. The number of methoxy groups -OCH3 is 1. The fourth-order valence-corrected chi connectivity index (χ4v) is 2.65. The van der Waals surface area contributed by atoms with Crippen LogP contribution in [0.3, 0.4) is 0 Å². The van der Waals surface area contributed by atoms with Gasteiger partial charge in [-0.2, -0.15) is 0 Å². The molecule has 1 unspecified atom stereocenters. The first-order valence-corrected chi connectivity index (χ1v) is 7.37. The van der Waals surface area contributed by atoms with Crippen LogP contribution in [0.1, 0.15) is 25.3 Å². The van der Waals surface area contributed by atoms with Gasteiger partial charge in [0.05, 0.1) is 7.11 Å². The SMILES string of the molecule is COc1ccc(CCNCC(C)N2CCCC2)cc1. The molecule has 1 saturated heterocycles. The third-order valence-corrected chi connectivity index (χ3v) is 3.95. The van der Waals surface area contributed by atoms with Gasteiger partial charge in [0.1, 0.15) is 5.75 Å². The normalized spacial score (nSPS) is 17.6. The zero-order valence-electron chi connectivity index (χ0n) is 12.2. The average Bonchev–Trinajstić information content (AvgIpc) is 2.98. The number of nitrogens with zero attached hydrogens (tertiary/aromatic N) is 1. The van der Waals surface area contributed by atoms with Crippen LogP contribution in [-0.4, -0.2) is 44.2 Å². The highest BCUT2D eigenvalue weighted by atomic mass is 16.5. The van der Waals surface area contributed by atoms with E-state index in [1.807, 2.05) is 12.1 Å². The molecule has 1 fully saturated rings. The van der Waals surface area contributed by atoms with Gasteiger partial charge in [-0.1, -0.05) is 12.1 Å².